The minimum Gasteiger partial charge on any atom is -0.494 e. The van der Waals surface area contributed by atoms with Gasteiger partial charge in [-0.05, 0) is 42.2 Å². The van der Waals surface area contributed by atoms with E-state index in [1.54, 1.807) is 12.1 Å². The van der Waals surface area contributed by atoms with E-state index in [0.29, 0.717) is 17.9 Å². The molecule has 0 spiro atoms. The van der Waals surface area contributed by atoms with E-state index >= 15 is 0 Å². The molecule has 7 nitrogen and oxygen atoms in total. The Bertz CT molecular complexity index is 726. The predicted octanol–water partition coefficient (Wildman–Crippen LogP) is 1.65. The van der Waals surface area contributed by atoms with Crippen molar-refractivity contribution in [1.29, 1.82) is 0 Å². The molecule has 0 aliphatic rings. The lowest BCUT2D eigenvalue weighted by molar-refractivity contribution is -0.139. The molecule has 0 aliphatic carbocycles. The molecule has 0 amide bonds. The van der Waals surface area contributed by atoms with Gasteiger partial charge in [0.25, 0.3) is 10.0 Å². The van der Waals surface area contributed by atoms with Gasteiger partial charge in [-0.25, -0.2) is 8.42 Å². The van der Waals surface area contributed by atoms with Crippen LogP contribution < -0.4 is 9.46 Å². The number of ether oxygens (including phenoxy) is 1. The van der Waals surface area contributed by atoms with Crippen LogP contribution in [0.25, 0.3) is 0 Å². The van der Waals surface area contributed by atoms with Gasteiger partial charge in [-0.3, -0.25) is 4.79 Å². The molecule has 1 atom stereocenters. The van der Waals surface area contributed by atoms with Crippen LogP contribution in [0, 0.1) is 0 Å². The average molecular weight is 342 g/mol. The summed E-state index contributed by atoms with van der Waals surface area (Å²) in [5.41, 5.74) is 0.309. The van der Waals surface area contributed by atoms with E-state index in [-0.39, 0.29) is 4.21 Å². The van der Waals surface area contributed by atoms with Crippen LogP contribution in [0.2, 0.25) is 0 Å². The van der Waals surface area contributed by atoms with E-state index in [4.69, 9.17) is 4.74 Å². The standard InChI is InChI=1S/C13H14N2O5S2/c1-2-20-10-5-3-9(4-6-10)12(13(16)17)15-22(18,19)11-7-8-14-21-11/h3-8,12,15H,2H2,1H3,(H,16,17). The highest BCUT2D eigenvalue weighted by molar-refractivity contribution is 7.91. The highest BCUT2D eigenvalue weighted by Gasteiger charge is 2.27. The van der Waals surface area contributed by atoms with E-state index in [9.17, 15) is 18.3 Å². The highest BCUT2D eigenvalue weighted by atomic mass is 32.2. The number of nitrogens with one attached hydrogen (secondary N) is 1. The van der Waals surface area contributed by atoms with Crippen molar-refractivity contribution in [2.75, 3.05) is 6.61 Å². The molecule has 0 bridgehead atoms. The number of nitrogens with zero attached hydrogens (tertiary/aromatic N) is 1. The van der Waals surface area contributed by atoms with Gasteiger partial charge >= 0.3 is 5.97 Å². The third-order valence-corrected chi connectivity index (χ3v) is 5.36. The number of carboxylic acids is 1. The third-order valence-electron chi connectivity index (χ3n) is 2.72. The number of sulfonamides is 1. The Balaban J connectivity index is 2.25. The highest BCUT2D eigenvalue weighted by Crippen LogP contribution is 2.21. The van der Waals surface area contributed by atoms with Crippen LogP contribution in [0.1, 0.15) is 18.5 Å². The zero-order valence-corrected chi connectivity index (χ0v) is 13.2. The molecule has 0 fully saturated rings. The summed E-state index contributed by atoms with van der Waals surface area (Å²) in [5.74, 6) is -0.710. The monoisotopic (exact) mass is 342 g/mol. The molecule has 0 saturated carbocycles. The Hall–Kier alpha value is -1.97. The zero-order valence-electron chi connectivity index (χ0n) is 11.6. The fourth-order valence-electron chi connectivity index (χ4n) is 1.74. The summed E-state index contributed by atoms with van der Waals surface area (Å²) in [7, 11) is -3.94. The second-order valence-electron chi connectivity index (χ2n) is 4.23. The van der Waals surface area contributed by atoms with Crippen molar-refractivity contribution in [3.8, 4) is 5.75 Å². The number of hydrogen-bond donors (Lipinski definition) is 2. The lowest BCUT2D eigenvalue weighted by atomic mass is 10.1. The second kappa shape index (κ2) is 6.86. The van der Waals surface area contributed by atoms with E-state index in [1.165, 1.54) is 24.4 Å². The normalized spacial score (nSPS) is 12.8. The summed E-state index contributed by atoms with van der Waals surface area (Å²) in [6, 6.07) is 6.14. The zero-order chi connectivity index (χ0) is 16.2. The van der Waals surface area contributed by atoms with Gasteiger partial charge in [0.2, 0.25) is 0 Å². The summed E-state index contributed by atoms with van der Waals surface area (Å²) in [6.07, 6.45) is 1.34. The van der Waals surface area contributed by atoms with Crippen LogP contribution in [-0.4, -0.2) is 30.5 Å². The fraction of sp³-hybridized carbons (Fsp3) is 0.231. The molecule has 0 aliphatic heterocycles. The van der Waals surface area contributed by atoms with Gasteiger partial charge < -0.3 is 9.84 Å². The topological polar surface area (TPSA) is 106 Å². The van der Waals surface area contributed by atoms with Gasteiger partial charge in [-0.1, -0.05) is 12.1 Å². The smallest absolute Gasteiger partial charge is 0.326 e. The number of benzene rings is 1. The van der Waals surface area contributed by atoms with Gasteiger partial charge in [-0.2, -0.15) is 9.10 Å². The molecule has 9 heteroatoms. The molecule has 1 aromatic carbocycles. The van der Waals surface area contributed by atoms with E-state index < -0.39 is 22.0 Å². The first-order valence-corrected chi connectivity index (χ1v) is 8.58. The Morgan fingerprint density at radius 2 is 2.05 bits per heavy atom. The predicted molar refractivity (Wildman–Crippen MR) is 80.4 cm³/mol. The van der Waals surface area contributed by atoms with Crippen molar-refractivity contribution in [3.05, 3.63) is 42.1 Å². The number of aliphatic carboxylic acids is 1. The maximum atomic E-state index is 12.1. The summed E-state index contributed by atoms with van der Waals surface area (Å²) in [5, 5.41) is 9.29. The summed E-state index contributed by atoms with van der Waals surface area (Å²) in [4.78, 5) is 11.4. The molecule has 118 valence electrons. The molecule has 1 unspecified atom stereocenters. The molecule has 1 heterocycles. The number of rotatable bonds is 7. The van der Waals surface area contributed by atoms with Crippen LogP contribution >= 0.6 is 11.5 Å². The second-order valence-corrected chi connectivity index (χ2v) is 7.00. The first-order valence-electron chi connectivity index (χ1n) is 6.32. The van der Waals surface area contributed by atoms with Gasteiger partial charge in [0.05, 0.1) is 6.61 Å². The van der Waals surface area contributed by atoms with Crippen molar-refractivity contribution in [3.63, 3.8) is 0 Å². The minimum absolute atomic E-state index is 0.0373. The molecular formula is C13H14N2O5S2. The molecule has 22 heavy (non-hydrogen) atoms. The van der Waals surface area contributed by atoms with Crippen molar-refractivity contribution in [1.82, 2.24) is 9.10 Å². The Labute approximate surface area is 131 Å². The maximum absolute atomic E-state index is 12.1. The van der Waals surface area contributed by atoms with Gasteiger partial charge in [-0.15, -0.1) is 0 Å². The molecule has 2 N–H and O–H groups in total. The maximum Gasteiger partial charge on any atom is 0.326 e. The third kappa shape index (κ3) is 3.81. The van der Waals surface area contributed by atoms with Crippen molar-refractivity contribution in [2.45, 2.75) is 17.2 Å². The fourth-order valence-corrected chi connectivity index (χ4v) is 3.66. The SMILES string of the molecule is CCOc1ccc(C(NS(=O)(=O)c2ccns2)C(=O)O)cc1. The quantitative estimate of drug-likeness (QED) is 0.792. The Morgan fingerprint density at radius 1 is 1.36 bits per heavy atom. The number of carboxylic acid groups (broad SMARTS) is 1. The lowest BCUT2D eigenvalue weighted by Gasteiger charge is -2.14. The number of carbonyl (C=O) groups is 1. The molecule has 2 rings (SSSR count). The largest absolute Gasteiger partial charge is 0.494 e. The minimum atomic E-state index is -3.94. The first kappa shape index (κ1) is 16.4. The van der Waals surface area contributed by atoms with E-state index in [2.05, 4.69) is 9.10 Å². The first-order chi connectivity index (χ1) is 10.4. The molecular weight excluding hydrogens is 328 g/mol. The van der Waals surface area contributed by atoms with Crippen molar-refractivity contribution < 1.29 is 23.1 Å². The van der Waals surface area contributed by atoms with Crippen LogP contribution in [0.5, 0.6) is 5.75 Å². The van der Waals surface area contributed by atoms with Gasteiger partial charge in [0.1, 0.15) is 11.8 Å². The van der Waals surface area contributed by atoms with Crippen molar-refractivity contribution in [2.24, 2.45) is 0 Å². The summed E-state index contributed by atoms with van der Waals surface area (Å²) >= 11 is 0.774. The Morgan fingerprint density at radius 3 is 2.55 bits per heavy atom. The van der Waals surface area contributed by atoms with Gasteiger partial charge in [0, 0.05) is 6.20 Å². The molecule has 0 saturated heterocycles. The van der Waals surface area contributed by atoms with Crippen LogP contribution in [0.15, 0.2) is 40.7 Å². The molecule has 1 aromatic heterocycles. The van der Waals surface area contributed by atoms with Crippen LogP contribution in [0.4, 0.5) is 0 Å². The summed E-state index contributed by atoms with van der Waals surface area (Å²) in [6.45, 7) is 2.32. The van der Waals surface area contributed by atoms with Crippen LogP contribution in [0.3, 0.4) is 0 Å². The van der Waals surface area contributed by atoms with E-state index in [0.717, 1.165) is 11.5 Å². The Kier molecular flexibility index (Phi) is 5.11. The van der Waals surface area contributed by atoms with Gasteiger partial charge in [0.15, 0.2) is 4.21 Å². The molecule has 2 aromatic rings. The lowest BCUT2D eigenvalue weighted by Crippen LogP contribution is -2.33. The molecule has 0 radical (unpaired) electrons. The van der Waals surface area contributed by atoms with E-state index in [1.807, 2.05) is 6.92 Å². The average Bonchev–Trinajstić information content (AvgIpc) is 3.01. The van der Waals surface area contributed by atoms with Crippen LogP contribution in [-0.2, 0) is 14.8 Å². The summed E-state index contributed by atoms with van der Waals surface area (Å²) < 4.78 is 35.3. The number of aromatic nitrogens is 1. The number of hydrogen-bond acceptors (Lipinski definition) is 6. The van der Waals surface area contributed by atoms with Crippen molar-refractivity contribution >= 4 is 27.5 Å².